The number of carbonyl (C=O) groups excluding carboxylic acids is 2. The number of ether oxygens (including phenoxy) is 5. The standard InChI is InChI=1S/C24H27NO7/c1-15(26)25-20-22(30-16(2)27)21-19(14-29-23(32-21)18-11-7-4-8-12-18)31-24(20)28-13-17-9-5-3-6-10-17/h3-12,19-24H,13-14H2,1-2H3,(H,25,26)/t19-,20-,21+,22-,23-,24+/m0/s1. The van der Waals surface area contributed by atoms with E-state index in [1.165, 1.54) is 13.8 Å². The van der Waals surface area contributed by atoms with Crippen molar-refractivity contribution in [2.45, 2.75) is 57.4 Å². The molecule has 2 aliphatic rings. The van der Waals surface area contributed by atoms with E-state index < -0.39 is 42.9 Å². The van der Waals surface area contributed by atoms with Crippen molar-refractivity contribution in [3.63, 3.8) is 0 Å². The highest BCUT2D eigenvalue weighted by molar-refractivity contribution is 5.73. The summed E-state index contributed by atoms with van der Waals surface area (Å²) in [5.74, 6) is -0.784. The minimum atomic E-state index is -0.856. The Morgan fingerprint density at radius 2 is 1.69 bits per heavy atom. The van der Waals surface area contributed by atoms with Crippen LogP contribution in [-0.2, 0) is 39.9 Å². The van der Waals surface area contributed by atoms with E-state index in [9.17, 15) is 9.59 Å². The second-order valence-corrected chi connectivity index (χ2v) is 7.82. The highest BCUT2D eigenvalue weighted by Crippen LogP contribution is 2.36. The predicted octanol–water partition coefficient (Wildman–Crippen LogP) is 2.48. The quantitative estimate of drug-likeness (QED) is 0.689. The average molecular weight is 441 g/mol. The Morgan fingerprint density at radius 1 is 1.00 bits per heavy atom. The van der Waals surface area contributed by atoms with Crippen LogP contribution in [0.1, 0.15) is 31.3 Å². The van der Waals surface area contributed by atoms with Crippen LogP contribution in [-0.4, -0.2) is 49.1 Å². The van der Waals surface area contributed by atoms with Gasteiger partial charge in [0.25, 0.3) is 0 Å². The van der Waals surface area contributed by atoms with Crippen molar-refractivity contribution < 1.29 is 33.3 Å². The summed E-state index contributed by atoms with van der Waals surface area (Å²) in [5, 5.41) is 2.82. The number of carbonyl (C=O) groups is 2. The summed E-state index contributed by atoms with van der Waals surface area (Å²) >= 11 is 0. The summed E-state index contributed by atoms with van der Waals surface area (Å²) in [6.07, 6.45) is -3.49. The number of fused-ring (bicyclic) bond motifs is 1. The van der Waals surface area contributed by atoms with Crippen LogP contribution in [0.2, 0.25) is 0 Å². The molecule has 1 amide bonds. The summed E-state index contributed by atoms with van der Waals surface area (Å²) in [6, 6.07) is 18.3. The third kappa shape index (κ3) is 5.34. The van der Waals surface area contributed by atoms with Crippen LogP contribution in [0.5, 0.6) is 0 Å². The molecule has 2 aromatic rings. The fraction of sp³-hybridized carbons (Fsp3) is 0.417. The lowest BCUT2D eigenvalue weighted by Crippen LogP contribution is -2.67. The third-order valence-electron chi connectivity index (χ3n) is 5.34. The smallest absolute Gasteiger partial charge is 0.303 e. The van der Waals surface area contributed by atoms with Crippen molar-refractivity contribution in [2.24, 2.45) is 0 Å². The first-order valence-electron chi connectivity index (χ1n) is 10.6. The zero-order valence-electron chi connectivity index (χ0n) is 18.0. The molecule has 2 aromatic carbocycles. The summed E-state index contributed by atoms with van der Waals surface area (Å²) in [6.45, 7) is 3.20. The number of esters is 1. The topological polar surface area (TPSA) is 92.3 Å². The molecule has 8 nitrogen and oxygen atoms in total. The molecule has 1 N–H and O–H groups in total. The van der Waals surface area contributed by atoms with Crippen LogP contribution in [0.15, 0.2) is 60.7 Å². The minimum Gasteiger partial charge on any atom is -0.457 e. The van der Waals surface area contributed by atoms with Gasteiger partial charge in [-0.3, -0.25) is 9.59 Å². The number of hydrogen-bond acceptors (Lipinski definition) is 7. The van der Waals surface area contributed by atoms with Gasteiger partial charge in [-0.25, -0.2) is 0 Å². The Bertz CT molecular complexity index is 907. The second kappa shape index (κ2) is 10.2. The lowest BCUT2D eigenvalue weighted by molar-refractivity contribution is -0.346. The van der Waals surface area contributed by atoms with E-state index in [-0.39, 0.29) is 19.1 Å². The fourth-order valence-corrected chi connectivity index (χ4v) is 3.97. The monoisotopic (exact) mass is 441 g/mol. The summed E-state index contributed by atoms with van der Waals surface area (Å²) < 4.78 is 29.9. The van der Waals surface area contributed by atoms with Gasteiger partial charge in [0.15, 0.2) is 18.7 Å². The Morgan fingerprint density at radius 3 is 2.34 bits per heavy atom. The molecule has 6 atom stereocenters. The van der Waals surface area contributed by atoms with E-state index in [0.29, 0.717) is 0 Å². The zero-order valence-corrected chi connectivity index (χ0v) is 18.0. The molecule has 2 saturated heterocycles. The van der Waals surface area contributed by atoms with Gasteiger partial charge < -0.3 is 29.0 Å². The van der Waals surface area contributed by atoms with Crippen LogP contribution in [0.25, 0.3) is 0 Å². The molecule has 0 aliphatic carbocycles. The van der Waals surface area contributed by atoms with Gasteiger partial charge in [0.1, 0.15) is 18.2 Å². The molecule has 2 aliphatic heterocycles. The SMILES string of the molecule is CC(=O)N[C@@H]1[C@H](OCc2ccccc2)O[C@H]2CO[C@H](c3ccccc3)O[C@H]2[C@H]1OC(C)=O. The maximum absolute atomic E-state index is 12.0. The van der Waals surface area contributed by atoms with Crippen LogP contribution in [0, 0.1) is 0 Å². The van der Waals surface area contributed by atoms with Crippen LogP contribution >= 0.6 is 0 Å². The number of benzene rings is 2. The Balaban J connectivity index is 1.57. The molecule has 0 bridgehead atoms. The molecule has 4 rings (SSSR count). The number of nitrogens with one attached hydrogen (secondary N) is 1. The van der Waals surface area contributed by atoms with Crippen LogP contribution in [0.4, 0.5) is 0 Å². The molecular formula is C24H27NO7. The zero-order chi connectivity index (χ0) is 22.5. The second-order valence-electron chi connectivity index (χ2n) is 7.82. The third-order valence-corrected chi connectivity index (χ3v) is 5.34. The highest BCUT2D eigenvalue weighted by Gasteiger charge is 2.52. The summed E-state index contributed by atoms with van der Waals surface area (Å²) in [5.41, 5.74) is 1.79. The van der Waals surface area contributed by atoms with Crippen molar-refractivity contribution in [2.75, 3.05) is 6.61 Å². The van der Waals surface area contributed by atoms with Crippen molar-refractivity contribution in [1.82, 2.24) is 5.32 Å². The van der Waals surface area contributed by atoms with Gasteiger partial charge in [-0.1, -0.05) is 60.7 Å². The van der Waals surface area contributed by atoms with E-state index in [2.05, 4.69) is 5.32 Å². The minimum absolute atomic E-state index is 0.222. The predicted molar refractivity (Wildman–Crippen MR) is 113 cm³/mol. The van der Waals surface area contributed by atoms with E-state index in [4.69, 9.17) is 23.7 Å². The Labute approximate surface area is 186 Å². The lowest BCUT2D eigenvalue weighted by Gasteiger charge is -2.48. The number of amides is 1. The molecule has 32 heavy (non-hydrogen) atoms. The highest BCUT2D eigenvalue weighted by atomic mass is 16.8. The average Bonchev–Trinajstić information content (AvgIpc) is 2.80. The lowest BCUT2D eigenvalue weighted by atomic mass is 9.95. The van der Waals surface area contributed by atoms with Gasteiger partial charge in [-0.15, -0.1) is 0 Å². The van der Waals surface area contributed by atoms with E-state index in [0.717, 1.165) is 11.1 Å². The maximum atomic E-state index is 12.0. The van der Waals surface area contributed by atoms with E-state index in [1.54, 1.807) is 0 Å². The van der Waals surface area contributed by atoms with E-state index in [1.807, 2.05) is 60.7 Å². The van der Waals surface area contributed by atoms with Crippen molar-refractivity contribution >= 4 is 11.9 Å². The molecule has 0 saturated carbocycles. The van der Waals surface area contributed by atoms with Gasteiger partial charge in [0, 0.05) is 19.4 Å². The number of hydrogen-bond donors (Lipinski definition) is 1. The first kappa shape index (κ1) is 22.4. The molecular weight excluding hydrogens is 414 g/mol. The molecule has 2 fully saturated rings. The molecule has 0 radical (unpaired) electrons. The molecule has 0 unspecified atom stereocenters. The molecule has 0 aromatic heterocycles. The first-order chi connectivity index (χ1) is 15.5. The molecule has 0 spiro atoms. The van der Waals surface area contributed by atoms with Gasteiger partial charge >= 0.3 is 5.97 Å². The van der Waals surface area contributed by atoms with Crippen molar-refractivity contribution in [3.05, 3.63) is 71.8 Å². The molecule has 170 valence electrons. The van der Waals surface area contributed by atoms with Crippen LogP contribution in [0.3, 0.4) is 0 Å². The first-order valence-corrected chi connectivity index (χ1v) is 10.6. The summed E-state index contributed by atoms with van der Waals surface area (Å²) in [4.78, 5) is 23.9. The van der Waals surface area contributed by atoms with Gasteiger partial charge in [0.05, 0.1) is 13.2 Å². The van der Waals surface area contributed by atoms with Crippen LogP contribution < -0.4 is 5.32 Å². The maximum Gasteiger partial charge on any atom is 0.303 e. The van der Waals surface area contributed by atoms with Gasteiger partial charge in [-0.05, 0) is 5.56 Å². The van der Waals surface area contributed by atoms with Crippen molar-refractivity contribution in [1.29, 1.82) is 0 Å². The largest absolute Gasteiger partial charge is 0.457 e. The Kier molecular flexibility index (Phi) is 7.16. The van der Waals surface area contributed by atoms with E-state index >= 15 is 0 Å². The Hall–Kier alpha value is -2.78. The molecule has 8 heteroatoms. The van der Waals surface area contributed by atoms with Gasteiger partial charge in [0.2, 0.25) is 5.91 Å². The van der Waals surface area contributed by atoms with Crippen molar-refractivity contribution in [3.8, 4) is 0 Å². The normalized spacial score (nSPS) is 29.6. The molecule has 2 heterocycles. The summed E-state index contributed by atoms with van der Waals surface area (Å²) in [7, 11) is 0. The number of rotatable bonds is 6. The van der Waals surface area contributed by atoms with Gasteiger partial charge in [-0.2, -0.15) is 0 Å². The fourth-order valence-electron chi connectivity index (χ4n) is 3.97.